The van der Waals surface area contributed by atoms with Gasteiger partial charge in [0.1, 0.15) is 0 Å². The molecule has 1 aromatic rings. The fourth-order valence-corrected chi connectivity index (χ4v) is 2.99. The molecule has 0 saturated carbocycles. The second kappa shape index (κ2) is 3.32. The van der Waals surface area contributed by atoms with Crippen molar-refractivity contribution in [3.63, 3.8) is 0 Å². The Hall–Kier alpha value is -0.870. The smallest absolute Gasteiger partial charge is 0.0590 e. The second-order valence-corrected chi connectivity index (χ2v) is 4.68. The highest BCUT2D eigenvalue weighted by Gasteiger charge is 2.41. The van der Waals surface area contributed by atoms with Crippen molar-refractivity contribution in [2.75, 3.05) is 19.8 Å². The van der Waals surface area contributed by atoms with Crippen LogP contribution in [0.4, 0.5) is 0 Å². The molecule has 0 bridgehead atoms. The van der Waals surface area contributed by atoms with Crippen LogP contribution < -0.4 is 5.32 Å². The highest BCUT2D eigenvalue weighted by Crippen LogP contribution is 2.36. The lowest BCUT2D eigenvalue weighted by Crippen LogP contribution is -2.49. The molecule has 0 amide bonds. The van der Waals surface area contributed by atoms with E-state index in [0.717, 1.165) is 32.7 Å². The zero-order valence-corrected chi connectivity index (χ0v) is 9.12. The van der Waals surface area contributed by atoms with Crippen molar-refractivity contribution < 1.29 is 4.74 Å². The molecule has 1 spiro atoms. The van der Waals surface area contributed by atoms with Crippen LogP contribution in [0.25, 0.3) is 0 Å². The summed E-state index contributed by atoms with van der Waals surface area (Å²) < 4.78 is 7.70. The van der Waals surface area contributed by atoms with Gasteiger partial charge in [-0.2, -0.15) is 5.10 Å². The van der Waals surface area contributed by atoms with Gasteiger partial charge in [0.05, 0.1) is 18.5 Å². The normalized spacial score (nSPS) is 30.5. The first-order valence-electron chi connectivity index (χ1n) is 5.62. The summed E-state index contributed by atoms with van der Waals surface area (Å²) in [5.74, 6) is 0. The fourth-order valence-electron chi connectivity index (χ4n) is 2.99. The summed E-state index contributed by atoms with van der Waals surface area (Å²) in [7, 11) is 2.04. The van der Waals surface area contributed by atoms with Gasteiger partial charge in [0.2, 0.25) is 0 Å². The van der Waals surface area contributed by atoms with Crippen molar-refractivity contribution in [2.45, 2.75) is 24.8 Å². The number of aromatic nitrogens is 2. The van der Waals surface area contributed by atoms with Crippen LogP contribution in [0.5, 0.6) is 0 Å². The molecule has 82 valence electrons. The van der Waals surface area contributed by atoms with Crippen LogP contribution in [-0.2, 0) is 23.7 Å². The molecule has 0 radical (unpaired) electrons. The molecule has 0 aliphatic carbocycles. The van der Waals surface area contributed by atoms with Gasteiger partial charge in [-0.1, -0.05) is 0 Å². The Labute approximate surface area is 89.6 Å². The van der Waals surface area contributed by atoms with E-state index in [-0.39, 0.29) is 5.41 Å². The third kappa shape index (κ3) is 1.32. The molecule has 4 nitrogen and oxygen atoms in total. The third-order valence-electron chi connectivity index (χ3n) is 3.62. The van der Waals surface area contributed by atoms with Gasteiger partial charge in [-0.25, -0.2) is 0 Å². The monoisotopic (exact) mass is 207 g/mol. The Morgan fingerprint density at radius 3 is 3.33 bits per heavy atom. The van der Waals surface area contributed by atoms with Gasteiger partial charge >= 0.3 is 0 Å². The number of nitrogens with one attached hydrogen (secondary N) is 1. The summed E-state index contributed by atoms with van der Waals surface area (Å²) in [5.41, 5.74) is 2.91. The maximum atomic E-state index is 5.66. The highest BCUT2D eigenvalue weighted by atomic mass is 16.5. The maximum Gasteiger partial charge on any atom is 0.0590 e. The van der Waals surface area contributed by atoms with E-state index in [1.807, 2.05) is 17.9 Å². The zero-order valence-electron chi connectivity index (χ0n) is 9.12. The predicted octanol–water partition coefficient (Wildman–Crippen LogP) is 0.571. The Morgan fingerprint density at radius 1 is 1.60 bits per heavy atom. The lowest BCUT2D eigenvalue weighted by molar-refractivity contribution is 0.0273. The van der Waals surface area contributed by atoms with Crippen LogP contribution in [-0.4, -0.2) is 29.5 Å². The zero-order chi connectivity index (χ0) is 10.3. The quantitative estimate of drug-likeness (QED) is 0.676. The van der Waals surface area contributed by atoms with Crippen LogP contribution in [0, 0.1) is 0 Å². The van der Waals surface area contributed by atoms with Crippen molar-refractivity contribution in [1.29, 1.82) is 0 Å². The molecule has 4 heteroatoms. The van der Waals surface area contributed by atoms with Crippen LogP contribution in [0.3, 0.4) is 0 Å². The lowest BCUT2D eigenvalue weighted by atomic mass is 9.76. The van der Waals surface area contributed by atoms with Crippen LogP contribution >= 0.6 is 0 Å². The Kier molecular flexibility index (Phi) is 2.07. The lowest BCUT2D eigenvalue weighted by Gasteiger charge is -2.40. The summed E-state index contributed by atoms with van der Waals surface area (Å²) in [6, 6.07) is 0. The molecule has 1 fully saturated rings. The average molecular weight is 207 g/mol. The summed E-state index contributed by atoms with van der Waals surface area (Å²) in [5, 5.41) is 7.85. The van der Waals surface area contributed by atoms with Crippen LogP contribution in [0.15, 0.2) is 6.20 Å². The molecule has 2 aliphatic rings. The van der Waals surface area contributed by atoms with Gasteiger partial charge in [-0.05, 0) is 12.8 Å². The highest BCUT2D eigenvalue weighted by molar-refractivity contribution is 5.31. The van der Waals surface area contributed by atoms with E-state index >= 15 is 0 Å². The van der Waals surface area contributed by atoms with E-state index in [4.69, 9.17) is 4.74 Å². The van der Waals surface area contributed by atoms with E-state index in [9.17, 15) is 0 Å². The number of nitrogens with zero attached hydrogens (tertiary/aromatic N) is 2. The Morgan fingerprint density at radius 2 is 2.53 bits per heavy atom. The first-order chi connectivity index (χ1) is 7.32. The molecular weight excluding hydrogens is 190 g/mol. The first kappa shape index (κ1) is 9.36. The summed E-state index contributed by atoms with van der Waals surface area (Å²) >= 11 is 0. The molecule has 1 N–H and O–H groups in total. The Balaban J connectivity index is 2.06. The topological polar surface area (TPSA) is 39.1 Å². The van der Waals surface area contributed by atoms with Gasteiger partial charge in [0.15, 0.2) is 0 Å². The molecule has 3 heterocycles. The molecule has 15 heavy (non-hydrogen) atoms. The minimum atomic E-state index is 0.178. The molecule has 2 aliphatic heterocycles. The number of rotatable bonds is 0. The van der Waals surface area contributed by atoms with E-state index in [1.165, 1.54) is 17.7 Å². The fraction of sp³-hybridized carbons (Fsp3) is 0.727. The average Bonchev–Trinajstić information content (AvgIpc) is 2.63. The van der Waals surface area contributed by atoms with Crippen molar-refractivity contribution in [2.24, 2.45) is 7.05 Å². The van der Waals surface area contributed by atoms with Crippen molar-refractivity contribution in [3.8, 4) is 0 Å². The van der Waals surface area contributed by atoms with E-state index < -0.39 is 0 Å². The third-order valence-corrected chi connectivity index (χ3v) is 3.62. The summed E-state index contributed by atoms with van der Waals surface area (Å²) in [6.45, 7) is 3.73. The van der Waals surface area contributed by atoms with E-state index in [2.05, 4.69) is 10.4 Å². The van der Waals surface area contributed by atoms with Gasteiger partial charge in [-0.15, -0.1) is 0 Å². The van der Waals surface area contributed by atoms with Crippen LogP contribution in [0.1, 0.15) is 24.1 Å². The summed E-state index contributed by atoms with van der Waals surface area (Å²) in [4.78, 5) is 0. The second-order valence-electron chi connectivity index (χ2n) is 4.68. The number of hydrogen-bond donors (Lipinski definition) is 1. The number of ether oxygens (including phenoxy) is 1. The predicted molar refractivity (Wildman–Crippen MR) is 56.6 cm³/mol. The van der Waals surface area contributed by atoms with Gasteiger partial charge < -0.3 is 10.1 Å². The maximum absolute atomic E-state index is 5.66. The SMILES string of the molecule is Cn1ncc2c1C1(CCCOC1)CNC2. The largest absolute Gasteiger partial charge is 0.380 e. The molecule has 3 rings (SSSR count). The molecule has 1 atom stereocenters. The van der Waals surface area contributed by atoms with Crippen LogP contribution in [0.2, 0.25) is 0 Å². The number of fused-ring (bicyclic) bond motifs is 2. The molecule has 1 unspecified atom stereocenters. The van der Waals surface area contributed by atoms with E-state index in [1.54, 1.807) is 0 Å². The molecule has 0 aromatic carbocycles. The van der Waals surface area contributed by atoms with Crippen molar-refractivity contribution >= 4 is 0 Å². The van der Waals surface area contributed by atoms with Gasteiger partial charge in [0, 0.05) is 37.7 Å². The van der Waals surface area contributed by atoms with E-state index in [0.29, 0.717) is 0 Å². The minimum Gasteiger partial charge on any atom is -0.380 e. The first-order valence-corrected chi connectivity index (χ1v) is 5.62. The standard InChI is InChI=1S/C11H17N3O/c1-14-10-9(6-13-14)5-12-7-11(10)3-2-4-15-8-11/h6,12H,2-5,7-8H2,1H3. The summed E-state index contributed by atoms with van der Waals surface area (Å²) in [6.07, 6.45) is 4.36. The molecule has 1 aromatic heterocycles. The van der Waals surface area contributed by atoms with Crippen molar-refractivity contribution in [3.05, 3.63) is 17.5 Å². The number of hydrogen-bond acceptors (Lipinski definition) is 3. The van der Waals surface area contributed by atoms with Crippen molar-refractivity contribution in [1.82, 2.24) is 15.1 Å². The molecule has 1 saturated heterocycles. The minimum absolute atomic E-state index is 0.178. The van der Waals surface area contributed by atoms with Gasteiger partial charge in [0.25, 0.3) is 0 Å². The molecular formula is C11H17N3O. The Bertz CT molecular complexity index is 366. The number of aryl methyl sites for hydroxylation is 1. The van der Waals surface area contributed by atoms with Gasteiger partial charge in [-0.3, -0.25) is 4.68 Å².